The second-order valence-electron chi connectivity index (χ2n) is 6.93. The average molecular weight is 355 g/mol. The first kappa shape index (κ1) is 18.7. The van der Waals surface area contributed by atoms with Crippen molar-refractivity contribution in [2.45, 2.75) is 26.8 Å². The number of nitrogens with zero attached hydrogens (tertiary/aromatic N) is 1. The van der Waals surface area contributed by atoms with Crippen molar-refractivity contribution < 1.29 is 4.79 Å². The average Bonchev–Trinajstić information content (AvgIpc) is 2.72. The highest BCUT2D eigenvalue weighted by Crippen LogP contribution is 2.21. The van der Waals surface area contributed by atoms with E-state index in [1.165, 1.54) is 0 Å². The molecule has 0 unspecified atom stereocenters. The van der Waals surface area contributed by atoms with Crippen LogP contribution in [0.5, 0.6) is 0 Å². The molecule has 0 spiro atoms. The van der Waals surface area contributed by atoms with Gasteiger partial charge in [0.05, 0.1) is 0 Å². The van der Waals surface area contributed by atoms with Crippen molar-refractivity contribution in [3.05, 3.63) is 102 Å². The van der Waals surface area contributed by atoms with Crippen LogP contribution in [0.4, 0.5) is 0 Å². The van der Waals surface area contributed by atoms with Crippen molar-refractivity contribution in [1.29, 1.82) is 0 Å². The van der Waals surface area contributed by atoms with Crippen molar-refractivity contribution in [2.75, 3.05) is 0 Å². The molecule has 0 heterocycles. The lowest BCUT2D eigenvalue weighted by atomic mass is 10.0. The first-order valence-corrected chi connectivity index (χ1v) is 9.28. The molecule has 0 fully saturated rings. The Bertz CT molecular complexity index is 910. The highest BCUT2D eigenvalue weighted by molar-refractivity contribution is 5.96. The molecule has 1 amide bonds. The van der Waals surface area contributed by atoms with E-state index in [9.17, 15) is 4.79 Å². The molecular weight excluding hydrogens is 330 g/mol. The minimum absolute atomic E-state index is 0.0138. The second kappa shape index (κ2) is 8.50. The zero-order valence-electron chi connectivity index (χ0n) is 16.1. The summed E-state index contributed by atoms with van der Waals surface area (Å²) in [6, 6.07) is 28.2. The molecule has 0 atom stereocenters. The number of hydrogen-bond acceptors (Lipinski definition) is 1. The molecule has 2 heteroatoms. The van der Waals surface area contributed by atoms with Gasteiger partial charge in [-0.3, -0.25) is 4.79 Å². The lowest BCUT2D eigenvalue weighted by Gasteiger charge is -2.24. The zero-order valence-corrected chi connectivity index (χ0v) is 16.1. The van der Waals surface area contributed by atoms with Crippen LogP contribution in [-0.4, -0.2) is 16.8 Å². The second-order valence-corrected chi connectivity index (χ2v) is 6.93. The molecule has 0 aliphatic rings. The smallest absolute Gasteiger partial charge is 0.258 e. The van der Waals surface area contributed by atoms with E-state index in [-0.39, 0.29) is 11.9 Å². The van der Waals surface area contributed by atoms with E-state index >= 15 is 0 Å². The number of rotatable bonds is 5. The molecule has 0 bridgehead atoms. The maximum atomic E-state index is 13.1. The van der Waals surface area contributed by atoms with Gasteiger partial charge in [-0.15, -0.1) is 0 Å². The number of benzene rings is 3. The van der Waals surface area contributed by atoms with Gasteiger partial charge in [-0.2, -0.15) is 0 Å². The first-order valence-electron chi connectivity index (χ1n) is 9.28. The summed E-state index contributed by atoms with van der Waals surface area (Å²) in [4.78, 5) is 14.9. The summed E-state index contributed by atoms with van der Waals surface area (Å²) < 4.78 is 0. The van der Waals surface area contributed by atoms with Gasteiger partial charge in [0.25, 0.3) is 5.91 Å². The maximum absolute atomic E-state index is 13.1. The number of allylic oxidation sites excluding steroid dienone is 1. The Balaban J connectivity index is 1.85. The molecule has 0 saturated carbocycles. The minimum Gasteiger partial charge on any atom is -0.312 e. The molecular formula is C25H25NO. The van der Waals surface area contributed by atoms with Crippen molar-refractivity contribution in [3.63, 3.8) is 0 Å². The van der Waals surface area contributed by atoms with E-state index in [0.29, 0.717) is 5.56 Å². The monoisotopic (exact) mass is 355 g/mol. The summed E-state index contributed by atoms with van der Waals surface area (Å²) >= 11 is 0. The Morgan fingerprint density at radius 3 is 1.81 bits per heavy atom. The molecule has 0 N–H and O–H groups in total. The van der Waals surface area contributed by atoms with Crippen LogP contribution in [0.2, 0.25) is 0 Å². The van der Waals surface area contributed by atoms with Gasteiger partial charge in [-0.1, -0.05) is 72.8 Å². The van der Waals surface area contributed by atoms with Gasteiger partial charge in [0, 0.05) is 17.8 Å². The summed E-state index contributed by atoms with van der Waals surface area (Å²) in [7, 11) is 0. The standard InChI is InChI=1S/C25H25NO/c1-19(2)26(18-20(3)21-10-6-4-7-11-21)25(27)24-16-14-23(15-17-24)22-12-8-5-9-13-22/h4-19H,1-3H3/b20-18+. The zero-order chi connectivity index (χ0) is 19.2. The van der Waals surface area contributed by atoms with Crippen LogP contribution in [-0.2, 0) is 0 Å². The highest BCUT2D eigenvalue weighted by Gasteiger charge is 2.17. The third kappa shape index (κ3) is 4.53. The first-order chi connectivity index (χ1) is 13.1. The van der Waals surface area contributed by atoms with Crippen molar-refractivity contribution in [2.24, 2.45) is 0 Å². The maximum Gasteiger partial charge on any atom is 0.258 e. The number of amides is 1. The number of hydrogen-bond donors (Lipinski definition) is 0. The highest BCUT2D eigenvalue weighted by atomic mass is 16.2. The van der Waals surface area contributed by atoms with E-state index in [4.69, 9.17) is 0 Å². The fourth-order valence-corrected chi connectivity index (χ4v) is 3.01. The molecule has 3 aromatic carbocycles. The predicted octanol–water partition coefficient (Wildman–Crippen LogP) is 6.27. The van der Waals surface area contributed by atoms with E-state index in [1.54, 1.807) is 4.90 Å². The molecule has 0 saturated heterocycles. The summed E-state index contributed by atoms with van der Waals surface area (Å²) in [6.07, 6.45) is 1.95. The van der Waals surface area contributed by atoms with E-state index < -0.39 is 0 Å². The molecule has 0 aliphatic heterocycles. The van der Waals surface area contributed by atoms with Crippen molar-refractivity contribution >= 4 is 11.5 Å². The molecule has 136 valence electrons. The number of carbonyl (C=O) groups excluding carboxylic acids is 1. The van der Waals surface area contributed by atoms with Gasteiger partial charge >= 0.3 is 0 Å². The van der Waals surface area contributed by atoms with E-state index in [1.807, 2.05) is 87.6 Å². The van der Waals surface area contributed by atoms with Gasteiger partial charge < -0.3 is 4.90 Å². The van der Waals surface area contributed by atoms with E-state index in [0.717, 1.165) is 22.3 Å². The lowest BCUT2D eigenvalue weighted by Crippen LogP contribution is -2.32. The predicted molar refractivity (Wildman–Crippen MR) is 113 cm³/mol. The molecule has 0 aliphatic carbocycles. The fraction of sp³-hybridized carbons (Fsp3) is 0.160. The Hall–Kier alpha value is -3.13. The van der Waals surface area contributed by atoms with Gasteiger partial charge in [0.1, 0.15) is 0 Å². The Morgan fingerprint density at radius 1 is 0.741 bits per heavy atom. The quantitative estimate of drug-likeness (QED) is 0.528. The van der Waals surface area contributed by atoms with Gasteiger partial charge in [0.15, 0.2) is 0 Å². The summed E-state index contributed by atoms with van der Waals surface area (Å²) in [5.41, 5.74) is 5.14. The third-order valence-corrected chi connectivity index (χ3v) is 4.59. The van der Waals surface area contributed by atoms with Crippen LogP contribution in [0.3, 0.4) is 0 Å². The van der Waals surface area contributed by atoms with Crippen LogP contribution in [0.15, 0.2) is 91.1 Å². The minimum atomic E-state index is 0.0138. The van der Waals surface area contributed by atoms with Crippen molar-refractivity contribution in [1.82, 2.24) is 4.90 Å². The van der Waals surface area contributed by atoms with Crippen molar-refractivity contribution in [3.8, 4) is 11.1 Å². The molecule has 0 aromatic heterocycles. The number of carbonyl (C=O) groups is 1. The van der Waals surface area contributed by atoms with Gasteiger partial charge in [-0.05, 0) is 55.2 Å². The van der Waals surface area contributed by atoms with E-state index in [2.05, 4.69) is 24.3 Å². The molecule has 3 aromatic rings. The largest absolute Gasteiger partial charge is 0.312 e. The topological polar surface area (TPSA) is 20.3 Å². The molecule has 27 heavy (non-hydrogen) atoms. The van der Waals surface area contributed by atoms with Crippen LogP contribution in [0, 0.1) is 0 Å². The Labute approximate surface area is 161 Å². The fourth-order valence-electron chi connectivity index (χ4n) is 3.01. The molecule has 3 rings (SSSR count). The van der Waals surface area contributed by atoms with Crippen LogP contribution >= 0.6 is 0 Å². The summed E-state index contributed by atoms with van der Waals surface area (Å²) in [5, 5.41) is 0. The lowest BCUT2D eigenvalue weighted by molar-refractivity contribution is 0.0788. The Morgan fingerprint density at radius 2 is 1.26 bits per heavy atom. The van der Waals surface area contributed by atoms with Crippen LogP contribution in [0.1, 0.15) is 36.7 Å². The molecule has 0 radical (unpaired) electrons. The normalized spacial score (nSPS) is 11.5. The summed E-state index contributed by atoms with van der Waals surface area (Å²) in [6.45, 7) is 6.10. The van der Waals surface area contributed by atoms with Gasteiger partial charge in [-0.25, -0.2) is 0 Å². The van der Waals surface area contributed by atoms with Gasteiger partial charge in [0.2, 0.25) is 0 Å². The van der Waals surface area contributed by atoms with Crippen LogP contribution in [0.25, 0.3) is 16.7 Å². The van der Waals surface area contributed by atoms with Crippen LogP contribution < -0.4 is 0 Å². The molecule has 2 nitrogen and oxygen atoms in total. The summed E-state index contributed by atoms with van der Waals surface area (Å²) in [5.74, 6) is 0.0138. The SMILES string of the molecule is C/C(=C\N(C(=O)c1ccc(-c2ccccc2)cc1)C(C)C)c1ccccc1. The third-order valence-electron chi connectivity index (χ3n) is 4.59. The Kier molecular flexibility index (Phi) is 5.87.